The van der Waals surface area contributed by atoms with Crippen LogP contribution in [0.1, 0.15) is 11.1 Å². The van der Waals surface area contributed by atoms with Gasteiger partial charge in [-0.05, 0) is 36.4 Å². The van der Waals surface area contributed by atoms with Crippen molar-refractivity contribution in [2.75, 3.05) is 29.1 Å². The van der Waals surface area contributed by atoms with E-state index in [0.29, 0.717) is 29.6 Å². The van der Waals surface area contributed by atoms with Crippen molar-refractivity contribution in [2.24, 2.45) is 7.05 Å². The van der Waals surface area contributed by atoms with Gasteiger partial charge in [-0.3, -0.25) is 14.3 Å². The van der Waals surface area contributed by atoms with Crippen molar-refractivity contribution < 1.29 is 9.53 Å². The number of aryl methyl sites for hydroxylation is 2. The van der Waals surface area contributed by atoms with Crippen LogP contribution in [0.15, 0.2) is 70.7 Å². The quantitative estimate of drug-likeness (QED) is 0.306. The third-order valence-corrected chi connectivity index (χ3v) is 6.69. The van der Waals surface area contributed by atoms with E-state index in [4.69, 9.17) is 4.74 Å². The van der Waals surface area contributed by atoms with Gasteiger partial charge < -0.3 is 9.64 Å². The highest BCUT2D eigenvalue weighted by atomic mass is 32.2. The molecule has 0 spiro atoms. The zero-order valence-electron chi connectivity index (χ0n) is 19.8. The molecule has 2 aromatic heterocycles. The second kappa shape index (κ2) is 9.42. The molecule has 5 rings (SSSR count). The molecule has 35 heavy (non-hydrogen) atoms. The molecule has 0 N–H and O–H groups in total. The Bertz CT molecular complexity index is 1470. The van der Waals surface area contributed by atoms with Gasteiger partial charge in [0, 0.05) is 31.7 Å². The summed E-state index contributed by atoms with van der Waals surface area (Å²) >= 11 is 1.43. The summed E-state index contributed by atoms with van der Waals surface area (Å²) in [7, 11) is 1.72. The van der Waals surface area contributed by atoms with Gasteiger partial charge in [0.05, 0.1) is 11.4 Å². The Labute approximate surface area is 207 Å². The fraction of sp³-hybridized carbons (Fsp3) is 0.231. The zero-order chi connectivity index (χ0) is 24.5. The van der Waals surface area contributed by atoms with Gasteiger partial charge in [-0.1, -0.05) is 54.2 Å². The van der Waals surface area contributed by atoms with E-state index in [-0.39, 0.29) is 12.2 Å². The standard InChI is InChI=1S/C26H25N5O3S/c1-17-8-7-11-20-22(17)31(26(33)34-16-18-9-5-4-6-10-18)13-12-30(20)21-14-19-15-27-25(35-3)28-23(19)29(2)24(21)32/h4-11,14-15H,12-13,16H2,1-3H3. The Kier molecular flexibility index (Phi) is 6.17. The van der Waals surface area contributed by atoms with Crippen LogP contribution in [0.3, 0.4) is 0 Å². The molecule has 0 saturated carbocycles. The van der Waals surface area contributed by atoms with Crippen molar-refractivity contribution in [1.82, 2.24) is 14.5 Å². The molecule has 0 atom stereocenters. The lowest BCUT2D eigenvalue weighted by atomic mass is 10.1. The molecular formula is C26H25N5O3S. The monoisotopic (exact) mass is 487 g/mol. The summed E-state index contributed by atoms with van der Waals surface area (Å²) in [5.74, 6) is 0. The fourth-order valence-corrected chi connectivity index (χ4v) is 4.72. The van der Waals surface area contributed by atoms with E-state index in [0.717, 1.165) is 27.9 Å². The minimum atomic E-state index is -0.409. The predicted molar refractivity (Wildman–Crippen MR) is 139 cm³/mol. The van der Waals surface area contributed by atoms with E-state index in [2.05, 4.69) is 9.97 Å². The SMILES string of the molecule is CSc1ncc2cc(N3CCN(C(=O)OCc4ccccc4)c4c(C)cccc43)c(=O)n(C)c2n1. The lowest BCUT2D eigenvalue weighted by Crippen LogP contribution is -2.44. The third-order valence-electron chi connectivity index (χ3n) is 6.13. The maximum absolute atomic E-state index is 13.4. The zero-order valence-corrected chi connectivity index (χ0v) is 20.6. The van der Waals surface area contributed by atoms with Gasteiger partial charge in [0.1, 0.15) is 17.9 Å². The number of hydrogen-bond acceptors (Lipinski definition) is 7. The van der Waals surface area contributed by atoms with Gasteiger partial charge >= 0.3 is 6.09 Å². The average molecular weight is 488 g/mol. The normalized spacial score (nSPS) is 13.1. The van der Waals surface area contributed by atoms with E-state index in [1.807, 2.05) is 72.7 Å². The Morgan fingerprint density at radius 2 is 1.89 bits per heavy atom. The van der Waals surface area contributed by atoms with Crippen LogP contribution in [0.25, 0.3) is 11.0 Å². The number of aromatic nitrogens is 3. The van der Waals surface area contributed by atoms with Crippen LogP contribution in [0.5, 0.6) is 0 Å². The number of rotatable bonds is 4. The largest absolute Gasteiger partial charge is 0.444 e. The first-order valence-corrected chi connectivity index (χ1v) is 12.5. The number of pyridine rings is 1. The summed E-state index contributed by atoms with van der Waals surface area (Å²) in [6, 6.07) is 17.2. The van der Waals surface area contributed by atoms with Gasteiger partial charge in [-0.2, -0.15) is 0 Å². The molecular weight excluding hydrogens is 462 g/mol. The maximum atomic E-state index is 13.4. The number of carbonyl (C=O) groups is 1. The smallest absolute Gasteiger partial charge is 0.414 e. The number of fused-ring (bicyclic) bond motifs is 2. The average Bonchev–Trinajstić information content (AvgIpc) is 2.89. The highest BCUT2D eigenvalue weighted by Gasteiger charge is 2.31. The number of benzene rings is 2. The number of amides is 1. The number of ether oxygens (including phenoxy) is 1. The molecule has 1 aliphatic heterocycles. The molecule has 9 heteroatoms. The number of nitrogens with zero attached hydrogens (tertiary/aromatic N) is 5. The Morgan fingerprint density at radius 1 is 1.09 bits per heavy atom. The van der Waals surface area contributed by atoms with Gasteiger partial charge in [-0.25, -0.2) is 14.8 Å². The molecule has 3 heterocycles. The topological polar surface area (TPSA) is 80.6 Å². The molecule has 178 valence electrons. The third kappa shape index (κ3) is 4.23. The van der Waals surface area contributed by atoms with Gasteiger partial charge in [0.25, 0.3) is 5.56 Å². The van der Waals surface area contributed by atoms with E-state index < -0.39 is 6.09 Å². The van der Waals surface area contributed by atoms with Gasteiger partial charge in [-0.15, -0.1) is 0 Å². The van der Waals surface area contributed by atoms with Crippen molar-refractivity contribution in [1.29, 1.82) is 0 Å². The summed E-state index contributed by atoms with van der Waals surface area (Å²) in [4.78, 5) is 39.0. The van der Waals surface area contributed by atoms with Crippen LogP contribution in [-0.4, -0.2) is 40.0 Å². The first-order valence-electron chi connectivity index (χ1n) is 11.2. The van der Waals surface area contributed by atoms with Crippen LogP contribution in [0.4, 0.5) is 21.9 Å². The van der Waals surface area contributed by atoms with Crippen LogP contribution in [0.2, 0.25) is 0 Å². The Balaban J connectivity index is 1.52. The highest BCUT2D eigenvalue weighted by Crippen LogP contribution is 2.39. The van der Waals surface area contributed by atoms with E-state index in [9.17, 15) is 9.59 Å². The fourth-order valence-electron chi connectivity index (χ4n) is 4.38. The number of thioether (sulfide) groups is 1. The molecule has 0 fully saturated rings. The lowest BCUT2D eigenvalue weighted by Gasteiger charge is -2.38. The highest BCUT2D eigenvalue weighted by molar-refractivity contribution is 7.98. The van der Waals surface area contributed by atoms with Crippen molar-refractivity contribution in [3.05, 3.63) is 82.3 Å². The van der Waals surface area contributed by atoms with E-state index in [1.165, 1.54) is 11.8 Å². The number of carbonyl (C=O) groups excluding carboxylic acids is 1. The molecule has 0 aliphatic carbocycles. The number of hydrogen-bond donors (Lipinski definition) is 0. The molecule has 1 amide bonds. The van der Waals surface area contributed by atoms with Crippen molar-refractivity contribution in [3.63, 3.8) is 0 Å². The molecule has 0 radical (unpaired) electrons. The Hall–Kier alpha value is -3.85. The summed E-state index contributed by atoms with van der Waals surface area (Å²) in [6.45, 7) is 2.98. The van der Waals surface area contributed by atoms with Gasteiger partial charge in [0.2, 0.25) is 0 Å². The first-order chi connectivity index (χ1) is 17.0. The van der Waals surface area contributed by atoms with Crippen LogP contribution in [-0.2, 0) is 18.4 Å². The minimum absolute atomic E-state index is 0.157. The summed E-state index contributed by atoms with van der Waals surface area (Å²) in [6.07, 6.45) is 3.23. The molecule has 8 nitrogen and oxygen atoms in total. The summed E-state index contributed by atoms with van der Waals surface area (Å²) in [5, 5.41) is 1.39. The molecule has 0 saturated heterocycles. The van der Waals surface area contributed by atoms with Crippen LogP contribution in [0, 0.1) is 6.92 Å². The number of anilines is 3. The molecule has 4 aromatic rings. The lowest BCUT2D eigenvalue weighted by molar-refractivity contribution is 0.147. The molecule has 0 bridgehead atoms. The van der Waals surface area contributed by atoms with Crippen molar-refractivity contribution in [2.45, 2.75) is 18.7 Å². The second-order valence-corrected chi connectivity index (χ2v) is 9.09. The van der Waals surface area contributed by atoms with E-state index >= 15 is 0 Å². The van der Waals surface area contributed by atoms with Crippen LogP contribution >= 0.6 is 11.8 Å². The molecule has 1 aliphatic rings. The van der Waals surface area contributed by atoms with Crippen molar-refractivity contribution in [3.8, 4) is 0 Å². The molecule has 2 aromatic carbocycles. The first kappa shape index (κ1) is 22.9. The number of para-hydroxylation sites is 1. The van der Waals surface area contributed by atoms with Crippen molar-refractivity contribution >= 4 is 46.0 Å². The van der Waals surface area contributed by atoms with E-state index in [1.54, 1.807) is 22.7 Å². The van der Waals surface area contributed by atoms with Crippen LogP contribution < -0.4 is 15.4 Å². The van der Waals surface area contributed by atoms with Gasteiger partial charge in [0.15, 0.2) is 5.16 Å². The second-order valence-electron chi connectivity index (χ2n) is 8.32. The molecule has 0 unspecified atom stereocenters. The maximum Gasteiger partial charge on any atom is 0.414 e. The Morgan fingerprint density at radius 3 is 2.66 bits per heavy atom. The summed E-state index contributed by atoms with van der Waals surface area (Å²) < 4.78 is 7.18. The summed E-state index contributed by atoms with van der Waals surface area (Å²) in [5.41, 5.74) is 4.33. The predicted octanol–water partition coefficient (Wildman–Crippen LogP) is 4.65. The minimum Gasteiger partial charge on any atom is -0.444 e.